The summed E-state index contributed by atoms with van der Waals surface area (Å²) in [7, 11) is -3.67. The molecule has 0 bridgehead atoms. The van der Waals surface area contributed by atoms with Crippen molar-refractivity contribution in [3.63, 3.8) is 0 Å². The molecule has 3 amide bonds. The molecule has 0 fully saturated rings. The van der Waals surface area contributed by atoms with Crippen LogP contribution in [0.2, 0.25) is 0 Å². The number of nitrogens with two attached hydrogens (primary N) is 1. The molecule has 1 aromatic rings. The lowest BCUT2D eigenvalue weighted by atomic mass is 9.67. The number of rotatable bonds is 16. The van der Waals surface area contributed by atoms with Gasteiger partial charge >= 0.3 is 18.0 Å². The van der Waals surface area contributed by atoms with E-state index in [2.05, 4.69) is 20.9 Å². The standard InChI is InChI=1S/C27H40N4O10S/c1-7-26(4,22(33)39-6)14-18(16-28)15-27(5,17-25(2,3)21(29)32)23(34)40-13-12-30-24(35)31-19-8-10-20(11-9-19)41-42(36,37)38/h8-11,18H,7,12-15,17H2,1-6H3,(H2,29,32)(H2,30,31,35)(H,36,37,38)/p-1. The van der Waals surface area contributed by atoms with Crippen LogP contribution in [0.3, 0.4) is 0 Å². The predicted octanol–water partition coefficient (Wildman–Crippen LogP) is 2.61. The number of carbonyl (C=O) groups excluding carboxylic acids is 4. The van der Waals surface area contributed by atoms with Crippen molar-refractivity contribution in [1.29, 1.82) is 5.26 Å². The third kappa shape index (κ3) is 11.2. The largest absolute Gasteiger partial charge is 0.716 e. The fourth-order valence-corrected chi connectivity index (χ4v) is 4.88. The number of ether oxygens (including phenoxy) is 2. The second-order valence-electron chi connectivity index (χ2n) is 11.2. The molecule has 234 valence electrons. The number of amides is 3. The zero-order chi connectivity index (χ0) is 32.4. The summed E-state index contributed by atoms with van der Waals surface area (Å²) in [4.78, 5) is 50.0. The molecule has 0 aliphatic rings. The molecule has 0 radical (unpaired) electrons. The first-order valence-electron chi connectivity index (χ1n) is 13.1. The number of carbonyl (C=O) groups is 4. The first kappa shape index (κ1) is 36.1. The van der Waals surface area contributed by atoms with Gasteiger partial charge in [0.15, 0.2) is 0 Å². The highest BCUT2D eigenvalue weighted by molar-refractivity contribution is 7.81. The smallest absolute Gasteiger partial charge is 0.319 e. The molecule has 15 heteroatoms. The lowest BCUT2D eigenvalue weighted by Crippen LogP contribution is -2.43. The van der Waals surface area contributed by atoms with Crippen LogP contribution in [0.5, 0.6) is 5.75 Å². The van der Waals surface area contributed by atoms with Gasteiger partial charge in [0.2, 0.25) is 5.91 Å². The van der Waals surface area contributed by atoms with Crippen LogP contribution in [0.15, 0.2) is 24.3 Å². The topological polar surface area (TPSA) is 227 Å². The van der Waals surface area contributed by atoms with Gasteiger partial charge in [0.05, 0.1) is 30.6 Å². The predicted molar refractivity (Wildman–Crippen MR) is 149 cm³/mol. The van der Waals surface area contributed by atoms with Crippen molar-refractivity contribution in [2.75, 3.05) is 25.6 Å². The second-order valence-corrected chi connectivity index (χ2v) is 12.1. The number of hydrogen-bond donors (Lipinski definition) is 3. The summed E-state index contributed by atoms with van der Waals surface area (Å²) in [6.07, 6.45) is 0.467. The van der Waals surface area contributed by atoms with Gasteiger partial charge in [-0.1, -0.05) is 20.8 Å². The number of benzene rings is 1. The lowest BCUT2D eigenvalue weighted by Gasteiger charge is -2.36. The Morgan fingerprint density at radius 3 is 2.10 bits per heavy atom. The van der Waals surface area contributed by atoms with Crippen LogP contribution in [0.25, 0.3) is 0 Å². The Bertz CT molecular complexity index is 1280. The molecule has 1 aromatic carbocycles. The average Bonchev–Trinajstić information content (AvgIpc) is 2.89. The molecule has 0 aromatic heterocycles. The maximum Gasteiger partial charge on any atom is 0.319 e. The van der Waals surface area contributed by atoms with Gasteiger partial charge < -0.3 is 34.6 Å². The maximum absolute atomic E-state index is 13.3. The van der Waals surface area contributed by atoms with E-state index in [-0.39, 0.29) is 43.9 Å². The number of methoxy groups -OCH3 is 1. The molecular weight excluding hydrogens is 572 g/mol. The van der Waals surface area contributed by atoms with Crippen molar-refractivity contribution >= 4 is 40.0 Å². The number of urea groups is 1. The van der Waals surface area contributed by atoms with Crippen molar-refractivity contribution < 1.29 is 45.8 Å². The van der Waals surface area contributed by atoms with Crippen LogP contribution in [0.4, 0.5) is 10.5 Å². The third-order valence-electron chi connectivity index (χ3n) is 6.96. The number of hydrogen-bond acceptors (Lipinski definition) is 11. The normalized spacial score (nSPS) is 15.1. The molecule has 0 saturated carbocycles. The molecule has 0 saturated heterocycles. The molecule has 42 heavy (non-hydrogen) atoms. The van der Waals surface area contributed by atoms with E-state index >= 15 is 0 Å². The Balaban J connectivity index is 2.89. The van der Waals surface area contributed by atoms with Gasteiger partial charge in [-0.3, -0.25) is 14.4 Å². The second kappa shape index (κ2) is 14.8. The minimum Gasteiger partial charge on any atom is -0.716 e. The summed E-state index contributed by atoms with van der Waals surface area (Å²) in [6, 6.07) is 6.45. The zero-order valence-electron chi connectivity index (χ0n) is 24.6. The van der Waals surface area contributed by atoms with E-state index in [0.717, 1.165) is 0 Å². The highest BCUT2D eigenvalue weighted by Gasteiger charge is 2.46. The summed E-state index contributed by atoms with van der Waals surface area (Å²) in [5, 5.41) is 14.9. The maximum atomic E-state index is 13.3. The average molecular weight is 612 g/mol. The highest BCUT2D eigenvalue weighted by atomic mass is 32.3. The zero-order valence-corrected chi connectivity index (χ0v) is 25.5. The van der Waals surface area contributed by atoms with Gasteiger partial charge in [0, 0.05) is 17.0 Å². The van der Waals surface area contributed by atoms with Crippen LogP contribution in [0.1, 0.15) is 60.3 Å². The molecule has 14 nitrogen and oxygen atoms in total. The van der Waals surface area contributed by atoms with Crippen LogP contribution < -0.4 is 20.6 Å². The van der Waals surface area contributed by atoms with E-state index < -0.39 is 56.4 Å². The summed E-state index contributed by atoms with van der Waals surface area (Å²) < 4.78 is 46.5. The van der Waals surface area contributed by atoms with E-state index in [9.17, 15) is 37.4 Å². The molecule has 3 atom stereocenters. The Morgan fingerprint density at radius 1 is 1.05 bits per heavy atom. The van der Waals surface area contributed by atoms with Crippen molar-refractivity contribution in [2.24, 2.45) is 27.9 Å². The van der Waals surface area contributed by atoms with Crippen molar-refractivity contribution in [3.8, 4) is 11.8 Å². The fraction of sp³-hybridized carbons (Fsp3) is 0.593. The van der Waals surface area contributed by atoms with Gasteiger partial charge in [-0.2, -0.15) is 5.26 Å². The molecular formula is C27H39N4O10S-. The van der Waals surface area contributed by atoms with Gasteiger partial charge in [-0.15, -0.1) is 0 Å². The quantitative estimate of drug-likeness (QED) is 0.106. The molecule has 1 rings (SSSR count). The van der Waals surface area contributed by atoms with Crippen LogP contribution >= 0.6 is 0 Å². The summed E-state index contributed by atoms with van der Waals surface area (Å²) in [5.74, 6) is -2.82. The van der Waals surface area contributed by atoms with Gasteiger partial charge in [-0.05, 0) is 63.8 Å². The van der Waals surface area contributed by atoms with E-state index in [0.29, 0.717) is 6.42 Å². The van der Waals surface area contributed by atoms with Crippen molar-refractivity contribution in [3.05, 3.63) is 24.3 Å². The van der Waals surface area contributed by atoms with Crippen LogP contribution in [-0.4, -0.2) is 57.1 Å². The minimum absolute atomic E-state index is 0.0209. The van der Waals surface area contributed by atoms with E-state index in [1.807, 2.05) is 0 Å². The molecule has 0 aliphatic carbocycles. The molecule has 0 aliphatic heterocycles. The van der Waals surface area contributed by atoms with Gasteiger partial charge in [0.1, 0.15) is 12.4 Å². The minimum atomic E-state index is -4.93. The van der Waals surface area contributed by atoms with Crippen LogP contribution in [0, 0.1) is 33.5 Å². The van der Waals surface area contributed by atoms with Crippen molar-refractivity contribution in [1.82, 2.24) is 5.32 Å². The van der Waals surface area contributed by atoms with E-state index in [1.54, 1.807) is 34.6 Å². The molecule has 3 unspecified atom stereocenters. The highest BCUT2D eigenvalue weighted by Crippen LogP contribution is 2.43. The van der Waals surface area contributed by atoms with E-state index in [1.165, 1.54) is 31.4 Å². The number of anilines is 1. The number of nitriles is 1. The number of primary amides is 1. The Hall–Kier alpha value is -3.90. The van der Waals surface area contributed by atoms with Gasteiger partial charge in [0.25, 0.3) is 10.4 Å². The number of esters is 2. The molecule has 0 spiro atoms. The Morgan fingerprint density at radius 2 is 1.62 bits per heavy atom. The van der Waals surface area contributed by atoms with Crippen LogP contribution in [-0.2, 0) is 34.3 Å². The van der Waals surface area contributed by atoms with E-state index in [4.69, 9.17) is 15.2 Å². The molecule has 0 heterocycles. The van der Waals surface area contributed by atoms with Gasteiger partial charge in [-0.25, -0.2) is 13.2 Å². The number of nitrogens with one attached hydrogen (secondary N) is 2. The summed E-state index contributed by atoms with van der Waals surface area (Å²) in [5.41, 5.74) is 2.39. The SMILES string of the molecule is CCC(C)(CC(C#N)CC(C)(CC(C)(C)C(N)=O)C(=O)OCCNC(=O)Nc1ccc(OS(=O)(=O)[O-])cc1)C(=O)OC. The Labute approximate surface area is 246 Å². The fourth-order valence-electron chi connectivity index (χ4n) is 4.53. The third-order valence-corrected chi connectivity index (χ3v) is 7.35. The molecule has 4 N–H and O–H groups in total. The first-order valence-corrected chi connectivity index (χ1v) is 14.4. The summed E-state index contributed by atoms with van der Waals surface area (Å²) >= 11 is 0. The summed E-state index contributed by atoms with van der Waals surface area (Å²) in [6.45, 7) is 7.87. The number of nitrogens with zero attached hydrogens (tertiary/aromatic N) is 1. The lowest BCUT2D eigenvalue weighted by molar-refractivity contribution is -0.158. The van der Waals surface area contributed by atoms with Crippen molar-refractivity contribution in [2.45, 2.75) is 60.3 Å². The monoisotopic (exact) mass is 611 g/mol. The first-order chi connectivity index (χ1) is 19.3. The Kier molecular flexibility index (Phi) is 12.8.